The Hall–Kier alpha value is -1.81. The van der Waals surface area contributed by atoms with Gasteiger partial charge in [0.1, 0.15) is 24.3 Å². The lowest BCUT2D eigenvalue weighted by Crippen LogP contribution is -2.47. The van der Waals surface area contributed by atoms with Gasteiger partial charge in [-0.2, -0.15) is 0 Å². The number of aromatic hydroxyl groups is 1. The third-order valence-electron chi connectivity index (χ3n) is 2.05. The van der Waals surface area contributed by atoms with Gasteiger partial charge >= 0.3 is 0 Å². The van der Waals surface area contributed by atoms with Crippen LogP contribution < -0.4 is 5.73 Å². The fraction of sp³-hybridized carbons (Fsp3) is 0.100. The zero-order valence-electron chi connectivity index (χ0n) is 7.60. The third kappa shape index (κ3) is 1.47. The minimum atomic E-state index is 0.244. The maximum atomic E-state index is 9.12. The van der Waals surface area contributed by atoms with Crippen LogP contribution in [0.4, 0.5) is 0 Å². The minimum Gasteiger partial charge on any atom is -0.508 e. The average molecular weight is 191 g/mol. The second-order valence-electron chi connectivity index (χ2n) is 2.99. The van der Waals surface area contributed by atoms with E-state index in [2.05, 4.69) is 10.9 Å². The van der Waals surface area contributed by atoms with E-state index in [-0.39, 0.29) is 5.75 Å². The van der Waals surface area contributed by atoms with Crippen molar-refractivity contribution in [2.75, 3.05) is 0 Å². The van der Waals surface area contributed by atoms with E-state index in [4.69, 9.17) is 9.63 Å². The van der Waals surface area contributed by atoms with Crippen LogP contribution in [0.25, 0.3) is 11.3 Å². The van der Waals surface area contributed by atoms with Gasteiger partial charge in [0.15, 0.2) is 0 Å². The standard InChI is InChI=1S/C10H10N2O2/c11-5-8-6-14-12-10(8)7-1-3-9(13)4-2-7/h1-4,6,13H,5,11H2/p+1. The summed E-state index contributed by atoms with van der Waals surface area (Å²) in [5.41, 5.74) is 6.47. The second-order valence-corrected chi connectivity index (χ2v) is 2.99. The summed E-state index contributed by atoms with van der Waals surface area (Å²) in [7, 11) is 0. The number of quaternary nitrogens is 1. The van der Waals surface area contributed by atoms with E-state index in [1.807, 2.05) is 0 Å². The molecule has 2 rings (SSSR count). The summed E-state index contributed by atoms with van der Waals surface area (Å²) in [4.78, 5) is 0. The van der Waals surface area contributed by atoms with E-state index in [1.165, 1.54) is 0 Å². The molecule has 1 aromatic heterocycles. The molecule has 0 unspecified atom stereocenters. The molecule has 0 saturated carbocycles. The van der Waals surface area contributed by atoms with Crippen molar-refractivity contribution < 1.29 is 15.4 Å². The molecule has 0 bridgehead atoms. The zero-order chi connectivity index (χ0) is 9.97. The summed E-state index contributed by atoms with van der Waals surface area (Å²) in [5.74, 6) is 0.244. The Morgan fingerprint density at radius 1 is 1.29 bits per heavy atom. The lowest BCUT2D eigenvalue weighted by Gasteiger charge is -1.97. The summed E-state index contributed by atoms with van der Waals surface area (Å²) in [6.45, 7) is 0.639. The molecule has 0 spiro atoms. The summed E-state index contributed by atoms with van der Waals surface area (Å²) < 4.78 is 4.87. The largest absolute Gasteiger partial charge is 0.508 e. The van der Waals surface area contributed by atoms with Crippen LogP contribution in [0.1, 0.15) is 5.56 Å². The van der Waals surface area contributed by atoms with Crippen LogP contribution in [0.2, 0.25) is 0 Å². The Morgan fingerprint density at radius 3 is 2.64 bits per heavy atom. The molecule has 0 aliphatic carbocycles. The molecule has 4 N–H and O–H groups in total. The van der Waals surface area contributed by atoms with Crippen LogP contribution in [0.15, 0.2) is 35.1 Å². The van der Waals surface area contributed by atoms with Crippen LogP contribution in [-0.4, -0.2) is 10.3 Å². The molecule has 72 valence electrons. The maximum Gasteiger partial charge on any atom is 0.133 e. The highest BCUT2D eigenvalue weighted by atomic mass is 16.5. The number of hydrogen-bond donors (Lipinski definition) is 2. The minimum absolute atomic E-state index is 0.244. The molecule has 4 heteroatoms. The van der Waals surface area contributed by atoms with Crippen molar-refractivity contribution in [3.8, 4) is 17.0 Å². The number of phenols is 1. The van der Waals surface area contributed by atoms with E-state index >= 15 is 0 Å². The van der Waals surface area contributed by atoms with Crippen molar-refractivity contribution >= 4 is 0 Å². The first-order valence-electron chi connectivity index (χ1n) is 4.33. The molecule has 1 aromatic carbocycles. The van der Waals surface area contributed by atoms with E-state index in [0.29, 0.717) is 6.54 Å². The molecule has 0 radical (unpaired) electrons. The van der Waals surface area contributed by atoms with Gasteiger partial charge in [-0.1, -0.05) is 5.16 Å². The summed E-state index contributed by atoms with van der Waals surface area (Å²) >= 11 is 0. The maximum absolute atomic E-state index is 9.12. The predicted molar refractivity (Wildman–Crippen MR) is 50.2 cm³/mol. The van der Waals surface area contributed by atoms with Crippen LogP contribution in [0.3, 0.4) is 0 Å². The van der Waals surface area contributed by atoms with Gasteiger partial charge in [0.05, 0.1) is 5.56 Å². The van der Waals surface area contributed by atoms with Gasteiger partial charge in [-0.25, -0.2) is 0 Å². The fourth-order valence-electron chi connectivity index (χ4n) is 1.29. The number of hydrogen-bond acceptors (Lipinski definition) is 3. The van der Waals surface area contributed by atoms with Crippen LogP contribution in [0.5, 0.6) is 5.75 Å². The summed E-state index contributed by atoms with van der Waals surface area (Å²) in [6.07, 6.45) is 1.59. The normalized spacial score (nSPS) is 10.4. The number of nitrogens with zero attached hydrogens (tertiary/aromatic N) is 1. The molecule has 2 aromatic rings. The van der Waals surface area contributed by atoms with Gasteiger partial charge in [0.25, 0.3) is 0 Å². The fourth-order valence-corrected chi connectivity index (χ4v) is 1.29. The molecule has 0 saturated heterocycles. The number of aromatic nitrogens is 1. The quantitative estimate of drug-likeness (QED) is 0.737. The SMILES string of the molecule is [NH3+]Cc1conc1-c1ccc(O)cc1. The first-order chi connectivity index (χ1) is 6.81. The lowest BCUT2D eigenvalue weighted by atomic mass is 10.1. The smallest absolute Gasteiger partial charge is 0.133 e. The van der Waals surface area contributed by atoms with Crippen LogP contribution >= 0.6 is 0 Å². The second kappa shape index (κ2) is 3.51. The van der Waals surface area contributed by atoms with Gasteiger partial charge in [-0.05, 0) is 24.3 Å². The van der Waals surface area contributed by atoms with Crippen molar-refractivity contribution in [2.24, 2.45) is 0 Å². The van der Waals surface area contributed by atoms with Gasteiger partial charge in [0, 0.05) is 5.56 Å². The van der Waals surface area contributed by atoms with Crippen LogP contribution in [0, 0.1) is 0 Å². The van der Waals surface area contributed by atoms with Crippen molar-refractivity contribution in [3.63, 3.8) is 0 Å². The van der Waals surface area contributed by atoms with Gasteiger partial charge in [0.2, 0.25) is 0 Å². The van der Waals surface area contributed by atoms with E-state index < -0.39 is 0 Å². The van der Waals surface area contributed by atoms with Crippen molar-refractivity contribution in [1.82, 2.24) is 5.16 Å². The van der Waals surface area contributed by atoms with Crippen molar-refractivity contribution in [2.45, 2.75) is 6.54 Å². The molecule has 1 heterocycles. The molecule has 14 heavy (non-hydrogen) atoms. The Kier molecular flexibility index (Phi) is 2.20. The third-order valence-corrected chi connectivity index (χ3v) is 2.05. The van der Waals surface area contributed by atoms with Gasteiger partial charge < -0.3 is 15.4 Å². The highest BCUT2D eigenvalue weighted by molar-refractivity contribution is 5.62. The molecule has 0 aliphatic rings. The average Bonchev–Trinajstić information content (AvgIpc) is 2.67. The summed E-state index contributed by atoms with van der Waals surface area (Å²) in [5, 5.41) is 13.0. The first kappa shape index (κ1) is 8.77. The molecule has 0 atom stereocenters. The monoisotopic (exact) mass is 191 g/mol. The van der Waals surface area contributed by atoms with E-state index in [0.717, 1.165) is 16.8 Å². The molecule has 0 aliphatic heterocycles. The van der Waals surface area contributed by atoms with E-state index in [9.17, 15) is 0 Å². The highest BCUT2D eigenvalue weighted by Crippen LogP contribution is 2.23. The van der Waals surface area contributed by atoms with Gasteiger partial charge in [-0.15, -0.1) is 0 Å². The Labute approximate surface area is 81.0 Å². The van der Waals surface area contributed by atoms with Crippen molar-refractivity contribution in [3.05, 3.63) is 36.1 Å². The Balaban J connectivity index is 2.44. The number of benzene rings is 1. The van der Waals surface area contributed by atoms with Crippen LogP contribution in [-0.2, 0) is 6.54 Å². The Morgan fingerprint density at radius 2 is 2.00 bits per heavy atom. The highest BCUT2D eigenvalue weighted by Gasteiger charge is 2.09. The number of rotatable bonds is 2. The lowest BCUT2D eigenvalue weighted by molar-refractivity contribution is -0.386. The number of phenolic OH excluding ortho intramolecular Hbond substituents is 1. The Bertz CT molecular complexity index is 420. The first-order valence-corrected chi connectivity index (χ1v) is 4.33. The zero-order valence-corrected chi connectivity index (χ0v) is 7.60. The van der Waals surface area contributed by atoms with Gasteiger partial charge in [-0.3, -0.25) is 0 Å². The molecule has 0 amide bonds. The predicted octanol–water partition coefficient (Wildman–Crippen LogP) is 0.789. The van der Waals surface area contributed by atoms with Crippen molar-refractivity contribution in [1.29, 1.82) is 0 Å². The molecular formula is C10H11N2O2+. The molecular weight excluding hydrogens is 180 g/mol. The topological polar surface area (TPSA) is 73.9 Å². The summed E-state index contributed by atoms with van der Waals surface area (Å²) in [6, 6.07) is 6.84. The molecule has 0 fully saturated rings. The van der Waals surface area contributed by atoms with E-state index in [1.54, 1.807) is 30.5 Å². The molecule has 4 nitrogen and oxygen atoms in total.